The van der Waals surface area contributed by atoms with Crippen LogP contribution in [-0.2, 0) is 10.0 Å². The van der Waals surface area contributed by atoms with Crippen LogP contribution in [0.4, 0.5) is 5.82 Å². The molecule has 0 saturated carbocycles. The number of pyridine rings is 1. The molecule has 0 unspecified atom stereocenters. The van der Waals surface area contributed by atoms with Crippen molar-refractivity contribution < 1.29 is 8.42 Å². The van der Waals surface area contributed by atoms with Crippen LogP contribution in [0.25, 0.3) is 0 Å². The van der Waals surface area contributed by atoms with E-state index in [0.717, 1.165) is 25.7 Å². The number of nitrogens with one attached hydrogen (secondary N) is 1. The van der Waals surface area contributed by atoms with E-state index in [2.05, 4.69) is 24.1 Å². The Bertz CT molecular complexity index is 509. The number of aromatic nitrogens is 1. The third-order valence-electron chi connectivity index (χ3n) is 3.25. The van der Waals surface area contributed by atoms with E-state index in [-0.39, 0.29) is 0 Å². The van der Waals surface area contributed by atoms with Gasteiger partial charge in [0.1, 0.15) is 5.82 Å². The lowest BCUT2D eigenvalue weighted by Crippen LogP contribution is -2.33. The summed E-state index contributed by atoms with van der Waals surface area (Å²) >= 11 is 0. The number of anilines is 1. The first-order valence-corrected chi connectivity index (χ1v) is 9.20. The number of hydrogen-bond donors (Lipinski definition) is 1. The molecule has 1 aromatic heterocycles. The normalized spacial score (nSPS) is 11.8. The first kappa shape index (κ1) is 17.9. The Morgan fingerprint density at radius 1 is 1.14 bits per heavy atom. The van der Waals surface area contributed by atoms with Crippen LogP contribution in [0.2, 0.25) is 0 Å². The molecule has 5 nitrogen and oxygen atoms in total. The molecular weight excluding hydrogens is 286 g/mol. The maximum Gasteiger partial charge on any atom is 0.243 e. The highest BCUT2D eigenvalue weighted by Gasteiger charge is 2.23. The van der Waals surface area contributed by atoms with E-state index in [4.69, 9.17) is 0 Å². The second-order valence-electron chi connectivity index (χ2n) is 5.02. The van der Waals surface area contributed by atoms with Gasteiger partial charge in [-0.25, -0.2) is 13.4 Å². The van der Waals surface area contributed by atoms with E-state index in [1.54, 1.807) is 22.6 Å². The van der Waals surface area contributed by atoms with Crippen LogP contribution in [0.1, 0.15) is 46.5 Å². The van der Waals surface area contributed by atoms with Gasteiger partial charge in [-0.3, -0.25) is 0 Å². The molecule has 1 N–H and O–H groups in total. The maximum atomic E-state index is 12.8. The Balaban J connectivity index is 3.00. The Morgan fingerprint density at radius 2 is 1.76 bits per heavy atom. The van der Waals surface area contributed by atoms with Crippen LogP contribution in [0.3, 0.4) is 0 Å². The number of rotatable bonds is 10. The second kappa shape index (κ2) is 9.00. The smallest absolute Gasteiger partial charge is 0.243 e. The minimum atomic E-state index is -3.43. The van der Waals surface area contributed by atoms with Crippen molar-refractivity contribution in [2.24, 2.45) is 0 Å². The van der Waals surface area contributed by atoms with Crippen LogP contribution in [0, 0.1) is 0 Å². The van der Waals surface area contributed by atoms with Gasteiger partial charge in [0.15, 0.2) is 0 Å². The molecule has 0 aliphatic heterocycles. The Hall–Kier alpha value is -1.14. The highest BCUT2D eigenvalue weighted by atomic mass is 32.2. The fourth-order valence-corrected chi connectivity index (χ4v) is 3.55. The summed E-state index contributed by atoms with van der Waals surface area (Å²) in [6.45, 7) is 7.97. The summed E-state index contributed by atoms with van der Waals surface area (Å²) in [5.41, 5.74) is 0. The van der Waals surface area contributed by atoms with E-state index in [1.165, 1.54) is 0 Å². The first-order valence-electron chi connectivity index (χ1n) is 7.76. The summed E-state index contributed by atoms with van der Waals surface area (Å²) in [5, 5.41) is 3.05. The van der Waals surface area contributed by atoms with Gasteiger partial charge in [-0.1, -0.05) is 26.7 Å². The molecule has 0 spiro atoms. The molecule has 1 heterocycles. The van der Waals surface area contributed by atoms with Crippen molar-refractivity contribution in [3.63, 3.8) is 0 Å². The zero-order chi connectivity index (χ0) is 15.7. The Morgan fingerprint density at radius 3 is 2.29 bits per heavy atom. The number of unbranched alkanes of at least 4 members (excludes halogenated alkanes) is 2. The molecule has 0 fully saturated rings. The molecule has 0 saturated heterocycles. The third-order valence-corrected chi connectivity index (χ3v) is 5.14. The number of nitrogens with zero attached hydrogens (tertiary/aromatic N) is 2. The minimum absolute atomic E-state index is 0.320. The van der Waals surface area contributed by atoms with Gasteiger partial charge in [0.25, 0.3) is 0 Å². The van der Waals surface area contributed by atoms with E-state index in [1.807, 2.05) is 6.92 Å². The van der Waals surface area contributed by atoms with Gasteiger partial charge in [-0.2, -0.15) is 4.31 Å². The standard InChI is InChI=1S/C15H27N3O2S/c1-4-7-11-18(12-8-5-2)21(19,20)14-9-10-17-15(13-14)16-6-3/h9-10,13H,4-8,11-12H2,1-3H3,(H,16,17). The highest BCUT2D eigenvalue weighted by molar-refractivity contribution is 7.89. The van der Waals surface area contributed by atoms with E-state index >= 15 is 0 Å². The lowest BCUT2D eigenvalue weighted by molar-refractivity contribution is 0.395. The fourth-order valence-electron chi connectivity index (χ4n) is 2.02. The van der Waals surface area contributed by atoms with Crippen LogP contribution >= 0.6 is 0 Å². The van der Waals surface area contributed by atoms with Crippen LogP contribution in [0.15, 0.2) is 23.2 Å². The van der Waals surface area contributed by atoms with E-state index < -0.39 is 10.0 Å². The molecule has 0 atom stereocenters. The van der Waals surface area contributed by atoms with Crippen molar-refractivity contribution in [2.45, 2.75) is 51.3 Å². The monoisotopic (exact) mass is 313 g/mol. The van der Waals surface area contributed by atoms with Crippen LogP contribution < -0.4 is 5.32 Å². The first-order chi connectivity index (χ1) is 10.1. The summed E-state index contributed by atoms with van der Waals surface area (Å²) in [4.78, 5) is 4.45. The minimum Gasteiger partial charge on any atom is -0.370 e. The lowest BCUT2D eigenvalue weighted by Gasteiger charge is -2.22. The second-order valence-corrected chi connectivity index (χ2v) is 6.96. The molecule has 0 radical (unpaired) electrons. The summed E-state index contributed by atoms with van der Waals surface area (Å²) in [6, 6.07) is 3.19. The summed E-state index contributed by atoms with van der Waals surface area (Å²) in [6.07, 6.45) is 5.28. The van der Waals surface area contributed by atoms with Gasteiger partial charge in [-0.05, 0) is 25.8 Å². The molecule has 1 rings (SSSR count). The molecule has 0 amide bonds. The van der Waals surface area contributed by atoms with Crippen LogP contribution in [-0.4, -0.2) is 37.3 Å². The van der Waals surface area contributed by atoms with Crippen molar-refractivity contribution in [1.29, 1.82) is 0 Å². The molecular formula is C15H27N3O2S. The van der Waals surface area contributed by atoms with Gasteiger partial charge in [0, 0.05) is 31.9 Å². The van der Waals surface area contributed by atoms with Crippen LogP contribution in [0.5, 0.6) is 0 Å². The molecule has 0 aromatic carbocycles. The molecule has 21 heavy (non-hydrogen) atoms. The van der Waals surface area contributed by atoms with Gasteiger partial charge < -0.3 is 5.32 Å². The van der Waals surface area contributed by atoms with Crippen molar-refractivity contribution in [3.05, 3.63) is 18.3 Å². The summed E-state index contributed by atoms with van der Waals surface area (Å²) in [5.74, 6) is 0.601. The van der Waals surface area contributed by atoms with E-state index in [9.17, 15) is 8.42 Å². The largest absolute Gasteiger partial charge is 0.370 e. The molecule has 120 valence electrons. The average Bonchev–Trinajstić information content (AvgIpc) is 2.48. The lowest BCUT2D eigenvalue weighted by atomic mass is 10.3. The molecule has 0 bridgehead atoms. The van der Waals surface area contributed by atoms with Crippen molar-refractivity contribution in [1.82, 2.24) is 9.29 Å². The van der Waals surface area contributed by atoms with Crippen molar-refractivity contribution >= 4 is 15.8 Å². The van der Waals surface area contributed by atoms with Gasteiger partial charge in [-0.15, -0.1) is 0 Å². The quantitative estimate of drug-likeness (QED) is 0.721. The maximum absolute atomic E-state index is 12.8. The Kier molecular flexibility index (Phi) is 7.67. The molecule has 0 aliphatic rings. The molecule has 0 aliphatic carbocycles. The molecule has 6 heteroatoms. The average molecular weight is 313 g/mol. The topological polar surface area (TPSA) is 62.3 Å². The van der Waals surface area contributed by atoms with Gasteiger partial charge >= 0.3 is 0 Å². The van der Waals surface area contributed by atoms with Gasteiger partial charge in [0.2, 0.25) is 10.0 Å². The van der Waals surface area contributed by atoms with Crippen molar-refractivity contribution in [3.8, 4) is 0 Å². The summed E-state index contributed by atoms with van der Waals surface area (Å²) < 4.78 is 27.1. The fraction of sp³-hybridized carbons (Fsp3) is 0.667. The van der Waals surface area contributed by atoms with Gasteiger partial charge in [0.05, 0.1) is 4.90 Å². The summed E-state index contributed by atoms with van der Waals surface area (Å²) in [7, 11) is -3.43. The predicted molar refractivity (Wildman–Crippen MR) is 87.0 cm³/mol. The van der Waals surface area contributed by atoms with Crippen molar-refractivity contribution in [2.75, 3.05) is 25.0 Å². The highest BCUT2D eigenvalue weighted by Crippen LogP contribution is 2.19. The zero-order valence-corrected chi connectivity index (χ0v) is 14.1. The number of sulfonamides is 1. The number of hydrogen-bond acceptors (Lipinski definition) is 4. The van der Waals surface area contributed by atoms with E-state index in [0.29, 0.717) is 30.3 Å². The zero-order valence-electron chi connectivity index (χ0n) is 13.3. The predicted octanol–water partition coefficient (Wildman–Crippen LogP) is 3.10. The SMILES string of the molecule is CCCCN(CCCC)S(=O)(=O)c1ccnc(NCC)c1. The Labute approximate surface area is 128 Å². The third kappa shape index (κ3) is 5.28. The molecule has 1 aromatic rings.